The normalized spacial score (nSPS) is 30.8. The number of aliphatic hydroxyl groups excluding tert-OH is 3. The van der Waals surface area contributed by atoms with Crippen molar-refractivity contribution in [3.05, 3.63) is 65.2 Å². The van der Waals surface area contributed by atoms with Crippen LogP contribution in [0.5, 0.6) is 0 Å². The summed E-state index contributed by atoms with van der Waals surface area (Å²) in [6.07, 6.45) is -0.544. The first kappa shape index (κ1) is 19.8. The molecule has 0 spiro atoms. The zero-order valence-corrected chi connectivity index (χ0v) is 16.2. The molecule has 2 aliphatic rings. The average Bonchev–Trinajstić information content (AvgIpc) is 2.74. The second kappa shape index (κ2) is 8.51. The Kier molecular flexibility index (Phi) is 6.03. The third-order valence-corrected chi connectivity index (χ3v) is 6.63. The third-order valence-electron chi connectivity index (χ3n) is 5.48. The lowest BCUT2D eigenvalue weighted by Crippen LogP contribution is -2.59. The lowest BCUT2D eigenvalue weighted by molar-refractivity contribution is -0.349. The first-order valence-electron chi connectivity index (χ1n) is 9.52. The first-order chi connectivity index (χ1) is 13.6. The Labute approximate surface area is 168 Å². The molecule has 28 heavy (non-hydrogen) atoms. The molecule has 4 unspecified atom stereocenters. The van der Waals surface area contributed by atoms with Crippen LogP contribution in [0.2, 0.25) is 0 Å². The summed E-state index contributed by atoms with van der Waals surface area (Å²) in [5.41, 5.74) is 3.19. The van der Waals surface area contributed by atoms with Crippen molar-refractivity contribution in [2.24, 2.45) is 0 Å². The number of fused-ring (bicyclic) bond motifs is 1. The van der Waals surface area contributed by atoms with Crippen LogP contribution in [0.4, 0.5) is 0 Å². The van der Waals surface area contributed by atoms with E-state index in [0.717, 1.165) is 24.2 Å². The zero-order valence-electron chi connectivity index (χ0n) is 15.4. The molecule has 0 radical (unpaired) electrons. The van der Waals surface area contributed by atoms with Gasteiger partial charge in [-0.1, -0.05) is 48.2 Å². The Hall–Kier alpha value is -1.45. The Morgan fingerprint density at radius 1 is 1.11 bits per heavy atom. The fourth-order valence-corrected chi connectivity index (χ4v) is 5.12. The molecule has 6 nitrogen and oxygen atoms in total. The van der Waals surface area contributed by atoms with Gasteiger partial charge in [0.25, 0.3) is 0 Å². The number of aliphatic hydroxyl groups is 3. The predicted molar refractivity (Wildman–Crippen MR) is 105 cm³/mol. The molecule has 1 aliphatic heterocycles. The van der Waals surface area contributed by atoms with Gasteiger partial charge in [0, 0.05) is 10.8 Å². The van der Waals surface area contributed by atoms with Gasteiger partial charge in [-0.05, 0) is 48.1 Å². The van der Waals surface area contributed by atoms with Crippen LogP contribution >= 0.6 is 11.8 Å². The average molecular weight is 404 g/mol. The maximum Gasteiger partial charge on any atom is 0.161 e. The lowest BCUT2D eigenvalue weighted by Gasteiger charge is -2.41. The number of thioether (sulfide) groups is 1. The molecule has 2 aromatic rings. The first-order valence-corrected chi connectivity index (χ1v) is 10.4. The minimum absolute atomic E-state index is 0.339. The molecular weight excluding hydrogens is 378 g/mol. The quantitative estimate of drug-likeness (QED) is 0.622. The molecule has 1 heterocycles. The van der Waals surface area contributed by atoms with Gasteiger partial charge < -0.3 is 25.3 Å². The van der Waals surface area contributed by atoms with Gasteiger partial charge >= 0.3 is 0 Å². The van der Waals surface area contributed by atoms with Crippen molar-refractivity contribution in [2.75, 3.05) is 6.61 Å². The van der Waals surface area contributed by atoms with Crippen molar-refractivity contribution in [1.82, 2.24) is 5.06 Å². The highest BCUT2D eigenvalue weighted by Crippen LogP contribution is 2.39. The molecule has 1 aliphatic carbocycles. The Balaban J connectivity index is 1.55. The molecule has 0 saturated carbocycles. The van der Waals surface area contributed by atoms with Gasteiger partial charge in [-0.25, -0.2) is 0 Å². The predicted octanol–water partition coefficient (Wildman–Crippen LogP) is 2.29. The van der Waals surface area contributed by atoms with Crippen LogP contribution < -0.4 is 0 Å². The van der Waals surface area contributed by atoms with Gasteiger partial charge in [0.1, 0.15) is 11.5 Å². The van der Waals surface area contributed by atoms with E-state index in [4.69, 9.17) is 4.74 Å². The molecule has 4 N–H and O–H groups in total. The number of hydrogen-bond acceptors (Lipinski definition) is 7. The molecule has 0 amide bonds. The summed E-state index contributed by atoms with van der Waals surface area (Å²) in [6, 6.07) is 16.7. The number of hydroxylamine groups is 2. The van der Waals surface area contributed by atoms with Crippen LogP contribution in [0.25, 0.3) is 0 Å². The summed E-state index contributed by atoms with van der Waals surface area (Å²) in [7, 11) is 0. The van der Waals surface area contributed by atoms with Crippen molar-refractivity contribution in [1.29, 1.82) is 0 Å². The van der Waals surface area contributed by atoms with Crippen molar-refractivity contribution in [3.63, 3.8) is 0 Å². The molecule has 150 valence electrons. The number of benzene rings is 2. The highest BCUT2D eigenvalue weighted by Gasteiger charge is 2.42. The van der Waals surface area contributed by atoms with E-state index in [0.29, 0.717) is 11.0 Å². The molecule has 0 bridgehead atoms. The highest BCUT2D eigenvalue weighted by molar-refractivity contribution is 7.99. The molecule has 1 saturated heterocycles. The van der Waals surface area contributed by atoms with Crippen LogP contribution in [-0.2, 0) is 11.2 Å². The van der Waals surface area contributed by atoms with E-state index in [1.54, 1.807) is 0 Å². The second-order valence-corrected chi connectivity index (χ2v) is 8.43. The van der Waals surface area contributed by atoms with E-state index in [1.165, 1.54) is 28.5 Å². The Bertz CT molecular complexity index is 817. The van der Waals surface area contributed by atoms with Crippen molar-refractivity contribution >= 4 is 11.8 Å². The summed E-state index contributed by atoms with van der Waals surface area (Å²) in [5.74, 6) is 0.339. The van der Waals surface area contributed by atoms with E-state index >= 15 is 0 Å². The topological polar surface area (TPSA) is 93.4 Å². The molecular formula is C21H25NO5S. The largest absolute Gasteiger partial charge is 0.392 e. The highest BCUT2D eigenvalue weighted by atomic mass is 32.2. The van der Waals surface area contributed by atoms with E-state index in [-0.39, 0.29) is 0 Å². The zero-order chi connectivity index (χ0) is 19.7. The van der Waals surface area contributed by atoms with E-state index in [9.17, 15) is 20.5 Å². The molecule has 4 rings (SSSR count). The number of aryl methyl sites for hydroxylation is 1. The van der Waals surface area contributed by atoms with Gasteiger partial charge in [-0.15, -0.1) is 5.06 Å². The number of nitrogens with zero attached hydrogens (tertiary/aromatic N) is 1. The summed E-state index contributed by atoms with van der Waals surface area (Å²) < 4.78 is 5.55. The molecule has 1 fully saturated rings. The maximum atomic E-state index is 10.3. The van der Waals surface area contributed by atoms with Crippen molar-refractivity contribution < 1.29 is 25.3 Å². The lowest BCUT2D eigenvalue weighted by atomic mass is 9.79. The van der Waals surface area contributed by atoms with Gasteiger partial charge in [0.05, 0.1) is 6.61 Å². The summed E-state index contributed by atoms with van der Waals surface area (Å²) >= 11 is 1.28. The van der Waals surface area contributed by atoms with Gasteiger partial charge in [0.2, 0.25) is 0 Å². The minimum Gasteiger partial charge on any atom is -0.392 e. The maximum absolute atomic E-state index is 10.3. The monoisotopic (exact) mass is 403 g/mol. The van der Waals surface area contributed by atoms with Crippen molar-refractivity contribution in [2.45, 2.75) is 54.1 Å². The minimum atomic E-state index is -1.52. The Morgan fingerprint density at radius 3 is 2.75 bits per heavy atom. The smallest absolute Gasteiger partial charge is 0.161 e. The fraction of sp³-hybridized carbons (Fsp3) is 0.429. The SMILES string of the molecule is OCC1OC(Sc2cccc(C3CCCc4ccccc43)c2)C(O)[C@H](O)N1O. The number of ether oxygens (including phenoxy) is 1. The van der Waals surface area contributed by atoms with Crippen LogP contribution in [0, 0.1) is 0 Å². The number of rotatable bonds is 4. The molecule has 2 aromatic carbocycles. The summed E-state index contributed by atoms with van der Waals surface area (Å²) in [4.78, 5) is 0.903. The summed E-state index contributed by atoms with van der Waals surface area (Å²) in [5, 5.41) is 39.7. The van der Waals surface area contributed by atoms with Gasteiger partial charge in [-0.2, -0.15) is 0 Å². The van der Waals surface area contributed by atoms with Crippen LogP contribution in [0.3, 0.4) is 0 Å². The van der Waals surface area contributed by atoms with E-state index < -0.39 is 30.6 Å². The van der Waals surface area contributed by atoms with Crippen LogP contribution in [-0.4, -0.2) is 56.2 Å². The molecule has 5 atom stereocenters. The fourth-order valence-electron chi connectivity index (χ4n) is 4.03. The van der Waals surface area contributed by atoms with E-state index in [1.807, 2.05) is 12.1 Å². The van der Waals surface area contributed by atoms with E-state index in [2.05, 4.69) is 36.4 Å². The van der Waals surface area contributed by atoms with Crippen LogP contribution in [0.15, 0.2) is 53.4 Å². The van der Waals surface area contributed by atoms with Gasteiger partial charge in [-0.3, -0.25) is 0 Å². The summed E-state index contributed by atoms with van der Waals surface area (Å²) in [6.45, 7) is -0.490. The second-order valence-electron chi connectivity index (χ2n) is 7.26. The van der Waals surface area contributed by atoms with Gasteiger partial charge in [0.15, 0.2) is 12.5 Å². The van der Waals surface area contributed by atoms with Crippen molar-refractivity contribution in [3.8, 4) is 0 Å². The molecule has 0 aromatic heterocycles. The third kappa shape index (κ3) is 3.84. The molecule has 7 heteroatoms. The Morgan fingerprint density at radius 2 is 1.93 bits per heavy atom. The number of hydrogen-bond donors (Lipinski definition) is 4. The van der Waals surface area contributed by atoms with Crippen LogP contribution in [0.1, 0.15) is 35.4 Å². The standard InChI is InChI=1S/C21H25NO5S/c23-12-18-22(26)20(25)19(24)21(27-18)28-15-8-3-7-14(11-15)17-10-4-6-13-5-1-2-9-16(13)17/h1-3,5,7-9,11,17-21,23-26H,4,6,10,12H2/t17?,18?,19?,20-,21?/m0/s1.